The van der Waals surface area contributed by atoms with Crippen LogP contribution in [0.2, 0.25) is 0 Å². The van der Waals surface area contributed by atoms with Crippen LogP contribution >= 0.6 is 0 Å². The minimum absolute atomic E-state index is 0.0648. The molecular weight excluding hydrogens is 214 g/mol. The van der Waals surface area contributed by atoms with Crippen LogP contribution in [0, 0.1) is 0 Å². The lowest BCUT2D eigenvalue weighted by atomic mass is 10.1. The van der Waals surface area contributed by atoms with Crippen molar-refractivity contribution >= 4 is 5.69 Å². The first kappa shape index (κ1) is 12.3. The standard InChI is InChI=1S/C13H21N3O/c1-13(2)10-16(6-7-17-13)12-4-5-15-11(8-12)9-14-3/h4-5,8,14H,6-7,9-10H2,1-3H3. The molecule has 2 rings (SSSR count). The molecule has 17 heavy (non-hydrogen) atoms. The third kappa shape index (κ3) is 3.17. The number of pyridine rings is 1. The summed E-state index contributed by atoms with van der Waals surface area (Å²) in [6.45, 7) is 7.74. The highest BCUT2D eigenvalue weighted by molar-refractivity contribution is 5.47. The second-order valence-corrected chi connectivity index (χ2v) is 5.07. The Bertz CT molecular complexity index is 379. The van der Waals surface area contributed by atoms with Crippen molar-refractivity contribution in [3.8, 4) is 0 Å². The average Bonchev–Trinajstić information content (AvgIpc) is 2.28. The van der Waals surface area contributed by atoms with Gasteiger partial charge in [0.15, 0.2) is 0 Å². The molecule has 0 saturated carbocycles. The van der Waals surface area contributed by atoms with Crippen molar-refractivity contribution in [3.63, 3.8) is 0 Å². The Morgan fingerprint density at radius 3 is 3.06 bits per heavy atom. The maximum atomic E-state index is 5.73. The lowest BCUT2D eigenvalue weighted by molar-refractivity contribution is -0.0277. The highest BCUT2D eigenvalue weighted by Gasteiger charge is 2.27. The number of nitrogens with one attached hydrogen (secondary N) is 1. The molecule has 1 aromatic heterocycles. The van der Waals surface area contributed by atoms with Crippen molar-refractivity contribution in [1.29, 1.82) is 0 Å². The van der Waals surface area contributed by atoms with E-state index in [1.54, 1.807) is 0 Å². The molecular formula is C13H21N3O. The molecule has 0 unspecified atom stereocenters. The Labute approximate surface area is 103 Å². The second kappa shape index (κ2) is 5.02. The molecule has 1 N–H and O–H groups in total. The first-order valence-electron chi connectivity index (χ1n) is 6.09. The predicted molar refractivity (Wildman–Crippen MR) is 69.2 cm³/mol. The van der Waals surface area contributed by atoms with Crippen molar-refractivity contribution < 1.29 is 4.74 Å². The van der Waals surface area contributed by atoms with Gasteiger partial charge < -0.3 is 15.0 Å². The molecule has 1 aliphatic rings. The van der Waals surface area contributed by atoms with Gasteiger partial charge in [-0.15, -0.1) is 0 Å². The van der Waals surface area contributed by atoms with Gasteiger partial charge in [0.2, 0.25) is 0 Å². The van der Waals surface area contributed by atoms with Gasteiger partial charge in [0, 0.05) is 31.5 Å². The van der Waals surface area contributed by atoms with Crippen LogP contribution in [-0.4, -0.2) is 37.3 Å². The Balaban J connectivity index is 2.13. The van der Waals surface area contributed by atoms with E-state index in [2.05, 4.69) is 41.2 Å². The number of anilines is 1. The summed E-state index contributed by atoms with van der Waals surface area (Å²) in [6.07, 6.45) is 1.88. The van der Waals surface area contributed by atoms with E-state index in [4.69, 9.17) is 4.74 Å². The summed E-state index contributed by atoms with van der Waals surface area (Å²) in [5.41, 5.74) is 2.25. The van der Waals surface area contributed by atoms with Gasteiger partial charge in [-0.2, -0.15) is 0 Å². The molecule has 94 valence electrons. The zero-order valence-corrected chi connectivity index (χ0v) is 10.9. The molecule has 0 radical (unpaired) electrons. The van der Waals surface area contributed by atoms with Crippen LogP contribution < -0.4 is 10.2 Å². The fourth-order valence-electron chi connectivity index (χ4n) is 2.18. The van der Waals surface area contributed by atoms with Crippen LogP contribution in [0.5, 0.6) is 0 Å². The van der Waals surface area contributed by atoms with Gasteiger partial charge in [0.05, 0.1) is 17.9 Å². The summed E-state index contributed by atoms with van der Waals surface area (Å²) in [5, 5.41) is 3.12. The van der Waals surface area contributed by atoms with Crippen LogP contribution in [0.25, 0.3) is 0 Å². The van der Waals surface area contributed by atoms with Crippen molar-refractivity contribution in [1.82, 2.24) is 10.3 Å². The van der Waals surface area contributed by atoms with Gasteiger partial charge in [0.1, 0.15) is 0 Å². The molecule has 0 amide bonds. The van der Waals surface area contributed by atoms with E-state index >= 15 is 0 Å². The second-order valence-electron chi connectivity index (χ2n) is 5.07. The van der Waals surface area contributed by atoms with Gasteiger partial charge in [0.25, 0.3) is 0 Å². The molecule has 4 nitrogen and oxygen atoms in total. The summed E-state index contributed by atoms with van der Waals surface area (Å²) >= 11 is 0. The Morgan fingerprint density at radius 2 is 2.35 bits per heavy atom. The summed E-state index contributed by atoms with van der Waals surface area (Å²) in [4.78, 5) is 6.71. The number of nitrogens with zero attached hydrogens (tertiary/aromatic N) is 2. The SMILES string of the molecule is CNCc1cc(N2CCOC(C)(C)C2)ccn1. The number of aromatic nitrogens is 1. The minimum Gasteiger partial charge on any atom is -0.372 e. The molecule has 1 fully saturated rings. The quantitative estimate of drug-likeness (QED) is 0.859. The minimum atomic E-state index is -0.0648. The van der Waals surface area contributed by atoms with Crippen LogP contribution in [0.1, 0.15) is 19.5 Å². The summed E-state index contributed by atoms with van der Waals surface area (Å²) in [6, 6.07) is 4.22. The molecule has 2 heterocycles. The number of rotatable bonds is 3. The van der Waals surface area contributed by atoms with E-state index in [9.17, 15) is 0 Å². The van der Waals surface area contributed by atoms with E-state index in [1.807, 2.05) is 13.2 Å². The molecule has 0 bridgehead atoms. The number of morpholine rings is 1. The van der Waals surface area contributed by atoms with E-state index in [0.29, 0.717) is 0 Å². The monoisotopic (exact) mass is 235 g/mol. The molecule has 0 spiro atoms. The Morgan fingerprint density at radius 1 is 1.53 bits per heavy atom. The molecule has 1 aromatic rings. The Kier molecular flexibility index (Phi) is 3.64. The summed E-state index contributed by atoms with van der Waals surface area (Å²) < 4.78 is 5.73. The van der Waals surface area contributed by atoms with Crippen LogP contribution in [-0.2, 0) is 11.3 Å². The fourth-order valence-corrected chi connectivity index (χ4v) is 2.18. The van der Waals surface area contributed by atoms with Gasteiger partial charge >= 0.3 is 0 Å². The zero-order valence-electron chi connectivity index (χ0n) is 10.9. The van der Waals surface area contributed by atoms with E-state index in [-0.39, 0.29) is 5.60 Å². The number of ether oxygens (including phenoxy) is 1. The number of hydrogen-bond donors (Lipinski definition) is 1. The molecule has 4 heteroatoms. The van der Waals surface area contributed by atoms with Gasteiger partial charge in [-0.25, -0.2) is 0 Å². The normalized spacial score (nSPS) is 19.4. The topological polar surface area (TPSA) is 37.4 Å². The molecule has 0 aromatic carbocycles. The Hall–Kier alpha value is -1.13. The third-order valence-electron chi connectivity index (χ3n) is 2.95. The lowest BCUT2D eigenvalue weighted by Gasteiger charge is -2.39. The fraction of sp³-hybridized carbons (Fsp3) is 0.615. The molecule has 0 atom stereocenters. The maximum absolute atomic E-state index is 5.73. The highest BCUT2D eigenvalue weighted by Crippen LogP contribution is 2.23. The number of hydrogen-bond acceptors (Lipinski definition) is 4. The maximum Gasteiger partial charge on any atom is 0.0801 e. The lowest BCUT2D eigenvalue weighted by Crippen LogP contribution is -2.48. The average molecular weight is 235 g/mol. The van der Waals surface area contributed by atoms with Crippen molar-refractivity contribution in [2.75, 3.05) is 31.6 Å². The van der Waals surface area contributed by atoms with Gasteiger partial charge in [-0.3, -0.25) is 4.98 Å². The molecule has 1 aliphatic heterocycles. The van der Waals surface area contributed by atoms with Crippen molar-refractivity contribution in [3.05, 3.63) is 24.0 Å². The highest BCUT2D eigenvalue weighted by atomic mass is 16.5. The predicted octanol–water partition coefficient (Wildman–Crippen LogP) is 1.42. The van der Waals surface area contributed by atoms with Gasteiger partial charge in [-0.1, -0.05) is 0 Å². The van der Waals surface area contributed by atoms with Crippen LogP contribution in [0.4, 0.5) is 5.69 Å². The third-order valence-corrected chi connectivity index (χ3v) is 2.95. The first-order valence-corrected chi connectivity index (χ1v) is 6.09. The van der Waals surface area contributed by atoms with E-state index in [1.165, 1.54) is 5.69 Å². The van der Waals surface area contributed by atoms with Crippen LogP contribution in [0.15, 0.2) is 18.3 Å². The van der Waals surface area contributed by atoms with Crippen LogP contribution in [0.3, 0.4) is 0 Å². The largest absolute Gasteiger partial charge is 0.372 e. The first-order chi connectivity index (χ1) is 8.11. The van der Waals surface area contributed by atoms with Crippen molar-refractivity contribution in [2.45, 2.75) is 26.0 Å². The molecule has 0 aliphatic carbocycles. The van der Waals surface area contributed by atoms with Crippen molar-refractivity contribution in [2.24, 2.45) is 0 Å². The van der Waals surface area contributed by atoms with E-state index in [0.717, 1.165) is 31.9 Å². The summed E-state index contributed by atoms with van der Waals surface area (Å²) in [5.74, 6) is 0. The zero-order chi connectivity index (χ0) is 12.3. The smallest absolute Gasteiger partial charge is 0.0801 e. The molecule has 1 saturated heterocycles. The van der Waals surface area contributed by atoms with Gasteiger partial charge in [-0.05, 0) is 33.0 Å². The summed E-state index contributed by atoms with van der Waals surface area (Å²) in [7, 11) is 1.94. The van der Waals surface area contributed by atoms with E-state index < -0.39 is 0 Å².